The minimum atomic E-state index is -0.329. The van der Waals surface area contributed by atoms with E-state index < -0.39 is 0 Å². The molecule has 2 aromatic carbocycles. The first kappa shape index (κ1) is 14.1. The predicted molar refractivity (Wildman–Crippen MR) is 81.6 cm³/mol. The van der Waals surface area contributed by atoms with E-state index in [9.17, 15) is 4.79 Å². The molecule has 0 fully saturated rings. The third kappa shape index (κ3) is 3.18. The van der Waals surface area contributed by atoms with E-state index in [4.69, 9.17) is 4.74 Å². The first-order chi connectivity index (χ1) is 9.76. The second kappa shape index (κ2) is 6.75. The Labute approximate surface area is 119 Å². The lowest BCUT2D eigenvalue weighted by Gasteiger charge is -2.18. The molecule has 1 atom stereocenters. The molecule has 2 rings (SSSR count). The van der Waals surface area contributed by atoms with E-state index in [0.717, 1.165) is 16.8 Å². The van der Waals surface area contributed by atoms with Gasteiger partial charge in [0.05, 0.1) is 7.11 Å². The number of rotatable bonds is 5. The highest BCUT2D eigenvalue weighted by molar-refractivity contribution is 5.84. The molecule has 0 radical (unpaired) electrons. The van der Waals surface area contributed by atoms with E-state index in [2.05, 4.69) is 17.4 Å². The second-order valence-electron chi connectivity index (χ2n) is 4.54. The Balaban J connectivity index is 2.31. The smallest absolute Gasteiger partial charge is 0.328 e. The van der Waals surface area contributed by atoms with Crippen LogP contribution in [0.1, 0.15) is 13.3 Å². The van der Waals surface area contributed by atoms with Gasteiger partial charge in [0.25, 0.3) is 0 Å². The van der Waals surface area contributed by atoms with Crippen molar-refractivity contribution < 1.29 is 9.53 Å². The number of para-hydroxylation sites is 1. The maximum atomic E-state index is 11.7. The van der Waals surface area contributed by atoms with E-state index in [1.54, 1.807) is 0 Å². The molecule has 2 aromatic rings. The zero-order valence-electron chi connectivity index (χ0n) is 11.8. The highest BCUT2D eigenvalue weighted by atomic mass is 16.5. The number of benzene rings is 2. The second-order valence-corrected chi connectivity index (χ2v) is 4.54. The fourth-order valence-electron chi connectivity index (χ4n) is 2.14. The van der Waals surface area contributed by atoms with Crippen LogP contribution in [0.3, 0.4) is 0 Å². The largest absolute Gasteiger partial charge is 0.467 e. The normalized spacial score (nSPS) is 11.7. The Hall–Kier alpha value is -2.29. The number of nitrogens with one attached hydrogen (secondary N) is 1. The minimum Gasteiger partial charge on any atom is -0.467 e. The molecule has 0 aliphatic rings. The number of carbonyl (C=O) groups is 1. The lowest BCUT2D eigenvalue weighted by atomic mass is 10.0. The van der Waals surface area contributed by atoms with E-state index in [0.29, 0.717) is 6.42 Å². The van der Waals surface area contributed by atoms with E-state index in [-0.39, 0.29) is 12.0 Å². The average molecular weight is 269 g/mol. The number of esters is 1. The highest BCUT2D eigenvalue weighted by Gasteiger charge is 2.17. The van der Waals surface area contributed by atoms with Crippen LogP contribution < -0.4 is 5.32 Å². The summed E-state index contributed by atoms with van der Waals surface area (Å²) in [5.41, 5.74) is 3.14. The maximum absolute atomic E-state index is 11.7. The molecule has 0 spiro atoms. The van der Waals surface area contributed by atoms with Crippen LogP contribution in [0, 0.1) is 0 Å². The van der Waals surface area contributed by atoms with Gasteiger partial charge in [0.1, 0.15) is 6.04 Å². The summed E-state index contributed by atoms with van der Waals surface area (Å²) < 4.78 is 4.82. The Bertz CT molecular complexity index is 566. The van der Waals surface area contributed by atoms with Crippen molar-refractivity contribution in [2.24, 2.45) is 0 Å². The Morgan fingerprint density at radius 3 is 2.40 bits per heavy atom. The molecule has 0 aliphatic heterocycles. The highest BCUT2D eigenvalue weighted by Crippen LogP contribution is 2.28. The Kier molecular flexibility index (Phi) is 4.77. The van der Waals surface area contributed by atoms with Gasteiger partial charge >= 0.3 is 5.97 Å². The number of ether oxygens (including phenoxy) is 1. The van der Waals surface area contributed by atoms with Crippen LogP contribution in [0.25, 0.3) is 11.1 Å². The standard InChI is InChI=1S/C17H19NO2/c1-3-15(17(19)20-2)18-16-12-8-7-11-14(16)13-9-5-4-6-10-13/h4-12,15,18H,3H2,1-2H3. The number of hydrogen-bond donors (Lipinski definition) is 1. The van der Waals surface area contributed by atoms with Gasteiger partial charge in [-0.25, -0.2) is 4.79 Å². The third-order valence-electron chi connectivity index (χ3n) is 3.24. The van der Waals surface area contributed by atoms with Crippen LogP contribution in [0.2, 0.25) is 0 Å². The van der Waals surface area contributed by atoms with Crippen molar-refractivity contribution in [1.29, 1.82) is 0 Å². The first-order valence-corrected chi connectivity index (χ1v) is 6.75. The van der Waals surface area contributed by atoms with Crippen molar-refractivity contribution in [2.45, 2.75) is 19.4 Å². The van der Waals surface area contributed by atoms with Crippen LogP contribution in [0.15, 0.2) is 54.6 Å². The molecule has 0 saturated heterocycles. The van der Waals surface area contributed by atoms with E-state index in [1.807, 2.05) is 49.4 Å². The maximum Gasteiger partial charge on any atom is 0.328 e. The lowest BCUT2D eigenvalue weighted by molar-refractivity contribution is -0.141. The fraction of sp³-hybridized carbons (Fsp3) is 0.235. The van der Waals surface area contributed by atoms with E-state index in [1.165, 1.54) is 7.11 Å². The molecular weight excluding hydrogens is 250 g/mol. The van der Waals surface area contributed by atoms with Crippen LogP contribution >= 0.6 is 0 Å². The topological polar surface area (TPSA) is 38.3 Å². The SMILES string of the molecule is CCC(Nc1ccccc1-c1ccccc1)C(=O)OC. The van der Waals surface area contributed by atoms with Gasteiger partial charge in [-0.05, 0) is 18.1 Å². The molecule has 0 aliphatic carbocycles. The van der Waals surface area contributed by atoms with Crippen LogP contribution in [-0.4, -0.2) is 19.1 Å². The number of methoxy groups -OCH3 is 1. The number of carbonyl (C=O) groups excluding carboxylic acids is 1. The van der Waals surface area contributed by atoms with Crippen LogP contribution in [0.5, 0.6) is 0 Å². The van der Waals surface area contributed by atoms with Gasteiger partial charge in [-0.15, -0.1) is 0 Å². The Morgan fingerprint density at radius 1 is 1.10 bits per heavy atom. The molecule has 20 heavy (non-hydrogen) atoms. The van der Waals surface area contributed by atoms with Gasteiger partial charge in [0.2, 0.25) is 0 Å². The first-order valence-electron chi connectivity index (χ1n) is 6.75. The fourth-order valence-corrected chi connectivity index (χ4v) is 2.14. The molecule has 0 amide bonds. The number of anilines is 1. The van der Waals surface area contributed by atoms with E-state index >= 15 is 0 Å². The molecule has 0 saturated carbocycles. The minimum absolute atomic E-state index is 0.240. The zero-order valence-corrected chi connectivity index (χ0v) is 11.8. The molecule has 1 N–H and O–H groups in total. The average Bonchev–Trinajstić information content (AvgIpc) is 2.53. The summed E-state index contributed by atoms with van der Waals surface area (Å²) in [4.78, 5) is 11.7. The zero-order chi connectivity index (χ0) is 14.4. The van der Waals surface area contributed by atoms with Gasteiger partial charge in [-0.3, -0.25) is 0 Å². The van der Waals surface area contributed by atoms with Gasteiger partial charge in [0, 0.05) is 11.3 Å². The van der Waals surface area contributed by atoms with Crippen molar-refractivity contribution >= 4 is 11.7 Å². The summed E-state index contributed by atoms with van der Waals surface area (Å²) in [6.45, 7) is 1.96. The molecule has 0 bridgehead atoms. The summed E-state index contributed by atoms with van der Waals surface area (Å²) in [6, 6.07) is 17.8. The molecule has 3 heteroatoms. The van der Waals surface area contributed by atoms with Gasteiger partial charge in [-0.2, -0.15) is 0 Å². The van der Waals surface area contributed by atoms with Crippen LogP contribution in [-0.2, 0) is 9.53 Å². The monoisotopic (exact) mass is 269 g/mol. The van der Waals surface area contributed by atoms with Crippen molar-refractivity contribution in [3.05, 3.63) is 54.6 Å². The molecular formula is C17H19NO2. The molecule has 0 heterocycles. The summed E-state index contributed by atoms with van der Waals surface area (Å²) in [7, 11) is 1.41. The van der Waals surface area contributed by atoms with Gasteiger partial charge < -0.3 is 10.1 Å². The molecule has 0 aromatic heterocycles. The molecule has 1 unspecified atom stereocenters. The number of hydrogen-bond acceptors (Lipinski definition) is 3. The quantitative estimate of drug-likeness (QED) is 0.841. The summed E-state index contributed by atoms with van der Waals surface area (Å²) in [5.74, 6) is -0.240. The predicted octanol–water partition coefficient (Wildman–Crippen LogP) is 3.72. The van der Waals surface area contributed by atoms with Crippen molar-refractivity contribution in [3.8, 4) is 11.1 Å². The third-order valence-corrected chi connectivity index (χ3v) is 3.24. The van der Waals surface area contributed by atoms with Gasteiger partial charge in [0.15, 0.2) is 0 Å². The van der Waals surface area contributed by atoms with Gasteiger partial charge in [-0.1, -0.05) is 55.5 Å². The van der Waals surface area contributed by atoms with Crippen molar-refractivity contribution in [3.63, 3.8) is 0 Å². The van der Waals surface area contributed by atoms with Crippen molar-refractivity contribution in [1.82, 2.24) is 0 Å². The summed E-state index contributed by atoms with van der Waals surface area (Å²) in [6.07, 6.45) is 0.676. The summed E-state index contributed by atoms with van der Waals surface area (Å²) in [5, 5.41) is 3.27. The molecule has 3 nitrogen and oxygen atoms in total. The Morgan fingerprint density at radius 2 is 1.75 bits per heavy atom. The molecule has 104 valence electrons. The summed E-state index contributed by atoms with van der Waals surface area (Å²) >= 11 is 0. The lowest BCUT2D eigenvalue weighted by Crippen LogP contribution is -2.30. The van der Waals surface area contributed by atoms with Crippen molar-refractivity contribution in [2.75, 3.05) is 12.4 Å². The van der Waals surface area contributed by atoms with Crippen LogP contribution in [0.4, 0.5) is 5.69 Å².